The molecule has 0 spiro atoms. The lowest BCUT2D eigenvalue weighted by molar-refractivity contribution is 1.23. The van der Waals surface area contributed by atoms with Crippen LogP contribution >= 0.6 is 15.9 Å². The van der Waals surface area contributed by atoms with E-state index < -0.39 is 0 Å². The van der Waals surface area contributed by atoms with Gasteiger partial charge in [0.1, 0.15) is 16.7 Å². The van der Waals surface area contributed by atoms with Crippen molar-refractivity contribution in [1.82, 2.24) is 4.98 Å². The highest BCUT2D eigenvalue weighted by Crippen LogP contribution is 2.12. The first-order valence-electron chi connectivity index (χ1n) is 2.73. The van der Waals surface area contributed by atoms with Crippen molar-refractivity contribution in [2.75, 3.05) is 0 Å². The minimum Gasteiger partial charge on any atom is -0.247 e. The van der Waals surface area contributed by atoms with E-state index >= 15 is 0 Å². The van der Waals surface area contributed by atoms with Gasteiger partial charge in [-0.1, -0.05) is 0 Å². The van der Waals surface area contributed by atoms with E-state index in [1.165, 1.54) is 12.3 Å². The van der Waals surface area contributed by atoms with Crippen molar-refractivity contribution in [3.8, 4) is 12.1 Å². The number of nitrogens with zero attached hydrogens (tertiary/aromatic N) is 3. The van der Waals surface area contributed by atoms with Crippen LogP contribution in [-0.2, 0) is 0 Å². The monoisotopic (exact) mass is 207 g/mol. The van der Waals surface area contributed by atoms with Crippen molar-refractivity contribution < 1.29 is 0 Å². The van der Waals surface area contributed by atoms with E-state index in [1.54, 1.807) is 0 Å². The minimum atomic E-state index is 0.379. The van der Waals surface area contributed by atoms with E-state index in [1.807, 2.05) is 12.1 Å². The van der Waals surface area contributed by atoms with E-state index in [2.05, 4.69) is 20.9 Å². The van der Waals surface area contributed by atoms with E-state index in [-0.39, 0.29) is 0 Å². The molecule has 0 aromatic carbocycles. The van der Waals surface area contributed by atoms with Crippen LogP contribution in [0, 0.1) is 22.7 Å². The normalized spacial score (nSPS) is 8.27. The van der Waals surface area contributed by atoms with Crippen LogP contribution in [0.1, 0.15) is 11.1 Å². The minimum absolute atomic E-state index is 0.379. The Morgan fingerprint density at radius 1 is 1.36 bits per heavy atom. The second-order valence-corrected chi connectivity index (χ2v) is 2.54. The molecule has 0 atom stereocenters. The summed E-state index contributed by atoms with van der Waals surface area (Å²) in [6, 6.07) is 5.29. The fraction of sp³-hybridized carbons (Fsp3) is 0. The second kappa shape index (κ2) is 3.14. The molecule has 1 aromatic rings. The molecular weight excluding hydrogens is 206 g/mol. The van der Waals surface area contributed by atoms with Crippen molar-refractivity contribution in [2.24, 2.45) is 0 Å². The van der Waals surface area contributed by atoms with Crippen molar-refractivity contribution in [3.63, 3.8) is 0 Å². The highest BCUT2D eigenvalue weighted by molar-refractivity contribution is 9.10. The Hall–Kier alpha value is -1.39. The molecule has 0 radical (unpaired) electrons. The second-order valence-electron chi connectivity index (χ2n) is 1.79. The summed E-state index contributed by atoms with van der Waals surface area (Å²) in [4.78, 5) is 3.79. The first-order chi connectivity index (χ1) is 5.27. The number of nitriles is 2. The summed E-state index contributed by atoms with van der Waals surface area (Å²) in [5.74, 6) is 0. The molecule has 0 saturated carbocycles. The number of halogens is 1. The first kappa shape index (κ1) is 7.71. The van der Waals surface area contributed by atoms with Crippen LogP contribution in [0.4, 0.5) is 0 Å². The van der Waals surface area contributed by atoms with Gasteiger partial charge in [0.2, 0.25) is 0 Å². The molecule has 3 nitrogen and oxygen atoms in total. The summed E-state index contributed by atoms with van der Waals surface area (Å²) >= 11 is 3.08. The Morgan fingerprint density at radius 2 is 2.09 bits per heavy atom. The average molecular weight is 208 g/mol. The summed E-state index contributed by atoms with van der Waals surface area (Å²) in [6.07, 6.45) is 1.41. The maximum Gasteiger partial charge on any atom is 0.123 e. The molecule has 0 fully saturated rings. The number of pyridine rings is 1. The van der Waals surface area contributed by atoms with Crippen molar-refractivity contribution in [1.29, 1.82) is 10.5 Å². The molecule has 0 bridgehead atoms. The van der Waals surface area contributed by atoms with Crippen LogP contribution in [0.2, 0.25) is 0 Å². The number of rotatable bonds is 0. The fourth-order valence-corrected chi connectivity index (χ4v) is 0.893. The predicted octanol–water partition coefficient (Wildman–Crippen LogP) is 1.59. The topological polar surface area (TPSA) is 60.5 Å². The molecule has 0 aliphatic rings. The van der Waals surface area contributed by atoms with Crippen LogP contribution in [0.25, 0.3) is 0 Å². The molecule has 0 amide bonds. The van der Waals surface area contributed by atoms with Gasteiger partial charge in [-0.2, -0.15) is 10.5 Å². The summed E-state index contributed by atoms with van der Waals surface area (Å²) in [5.41, 5.74) is 0.772. The Balaban J connectivity index is 3.29. The smallest absolute Gasteiger partial charge is 0.123 e. The van der Waals surface area contributed by atoms with Gasteiger partial charge < -0.3 is 0 Å². The SMILES string of the molecule is N#Cc1cnc(Br)c(C#N)c1. The average Bonchev–Trinajstić information content (AvgIpc) is 2.05. The third kappa shape index (κ3) is 1.54. The van der Waals surface area contributed by atoms with Gasteiger partial charge in [-0.15, -0.1) is 0 Å². The summed E-state index contributed by atoms with van der Waals surface area (Å²) in [6.45, 7) is 0. The Morgan fingerprint density at radius 3 is 2.64 bits per heavy atom. The zero-order valence-corrected chi connectivity index (χ0v) is 6.96. The van der Waals surface area contributed by atoms with Crippen LogP contribution in [0.15, 0.2) is 16.9 Å². The van der Waals surface area contributed by atoms with Gasteiger partial charge in [0.15, 0.2) is 0 Å². The third-order valence-corrected chi connectivity index (χ3v) is 1.72. The Bertz CT molecular complexity index is 359. The highest BCUT2D eigenvalue weighted by atomic mass is 79.9. The van der Waals surface area contributed by atoms with Gasteiger partial charge in [-0.05, 0) is 22.0 Å². The molecule has 11 heavy (non-hydrogen) atoms. The molecule has 0 aliphatic carbocycles. The lowest BCUT2D eigenvalue weighted by Gasteiger charge is -1.91. The molecule has 1 rings (SSSR count). The van der Waals surface area contributed by atoms with Crippen LogP contribution < -0.4 is 0 Å². The highest BCUT2D eigenvalue weighted by Gasteiger charge is 2.00. The largest absolute Gasteiger partial charge is 0.247 e. The predicted molar refractivity (Wildman–Crippen MR) is 41.4 cm³/mol. The third-order valence-electron chi connectivity index (χ3n) is 1.09. The first-order valence-corrected chi connectivity index (χ1v) is 3.53. The van der Waals surface area contributed by atoms with Crippen molar-refractivity contribution in [3.05, 3.63) is 28.0 Å². The maximum absolute atomic E-state index is 8.51. The fourth-order valence-electron chi connectivity index (χ4n) is 0.588. The molecule has 0 N–H and O–H groups in total. The zero-order chi connectivity index (χ0) is 8.27. The molecule has 0 aliphatic heterocycles. The molecule has 1 heterocycles. The van der Waals surface area contributed by atoms with Gasteiger partial charge in [0, 0.05) is 6.20 Å². The summed E-state index contributed by atoms with van der Waals surface area (Å²) in [5, 5.41) is 16.9. The van der Waals surface area contributed by atoms with Gasteiger partial charge in [0.25, 0.3) is 0 Å². The number of aromatic nitrogens is 1. The van der Waals surface area contributed by atoms with Gasteiger partial charge in [0.05, 0.1) is 11.1 Å². The van der Waals surface area contributed by atoms with E-state index in [0.717, 1.165) is 0 Å². The summed E-state index contributed by atoms with van der Waals surface area (Å²) < 4.78 is 0.471. The van der Waals surface area contributed by atoms with Crippen LogP contribution in [0.5, 0.6) is 0 Å². The molecule has 0 saturated heterocycles. The van der Waals surface area contributed by atoms with E-state index in [4.69, 9.17) is 10.5 Å². The lowest BCUT2D eigenvalue weighted by atomic mass is 10.2. The Kier molecular flexibility index (Phi) is 2.20. The zero-order valence-electron chi connectivity index (χ0n) is 5.37. The van der Waals surface area contributed by atoms with Gasteiger partial charge in [-0.25, -0.2) is 4.98 Å². The van der Waals surface area contributed by atoms with Crippen LogP contribution in [0.3, 0.4) is 0 Å². The maximum atomic E-state index is 8.51. The van der Waals surface area contributed by atoms with E-state index in [9.17, 15) is 0 Å². The molecule has 4 heteroatoms. The molecule has 1 aromatic heterocycles. The van der Waals surface area contributed by atoms with Gasteiger partial charge in [-0.3, -0.25) is 0 Å². The van der Waals surface area contributed by atoms with Gasteiger partial charge >= 0.3 is 0 Å². The lowest BCUT2D eigenvalue weighted by Crippen LogP contribution is -1.84. The van der Waals surface area contributed by atoms with Crippen LogP contribution in [-0.4, -0.2) is 4.98 Å². The quantitative estimate of drug-likeness (QED) is 0.608. The number of hydrogen-bond acceptors (Lipinski definition) is 3. The molecular formula is C7H2BrN3. The van der Waals surface area contributed by atoms with Crippen molar-refractivity contribution in [2.45, 2.75) is 0 Å². The molecule has 0 unspecified atom stereocenters. The van der Waals surface area contributed by atoms with Crippen molar-refractivity contribution >= 4 is 15.9 Å². The molecule has 52 valence electrons. The Labute approximate surface area is 72.0 Å². The van der Waals surface area contributed by atoms with E-state index in [0.29, 0.717) is 15.7 Å². The standard InChI is InChI=1S/C7H2BrN3/c8-7-6(3-10)1-5(2-9)4-11-7/h1,4H. The number of hydrogen-bond donors (Lipinski definition) is 0. The summed E-state index contributed by atoms with van der Waals surface area (Å²) in [7, 11) is 0.